The molecule has 0 radical (unpaired) electrons. The zero-order chi connectivity index (χ0) is 15.4. The molecule has 2 rings (SSSR count). The quantitative estimate of drug-likeness (QED) is 0.904. The van der Waals surface area contributed by atoms with Gasteiger partial charge in [0.15, 0.2) is 0 Å². The molecule has 1 saturated heterocycles. The lowest BCUT2D eigenvalue weighted by molar-refractivity contribution is -0.132. The summed E-state index contributed by atoms with van der Waals surface area (Å²) in [4.78, 5) is 27.7. The molecule has 22 heavy (non-hydrogen) atoms. The topological polar surface area (TPSA) is 52.7 Å². The number of carbonyl (C=O) groups excluding carboxylic acids is 2. The summed E-state index contributed by atoms with van der Waals surface area (Å²) in [5.74, 6) is -0.265. The molecule has 1 aromatic rings. The van der Waals surface area contributed by atoms with Crippen molar-refractivity contribution in [2.45, 2.75) is 6.92 Å². The third-order valence-corrected chi connectivity index (χ3v) is 3.86. The molecule has 1 aliphatic heterocycles. The third-order valence-electron chi connectivity index (χ3n) is 3.54. The molecule has 1 fully saturated rings. The van der Waals surface area contributed by atoms with Crippen molar-refractivity contribution in [2.75, 3.05) is 39.8 Å². The van der Waals surface area contributed by atoms with Crippen molar-refractivity contribution in [1.82, 2.24) is 15.1 Å². The lowest BCUT2D eigenvalue weighted by Crippen LogP contribution is -2.49. The Morgan fingerprint density at radius 1 is 1.32 bits per heavy atom. The van der Waals surface area contributed by atoms with Crippen LogP contribution in [-0.2, 0) is 4.79 Å². The maximum Gasteiger partial charge on any atom is 0.255 e. The van der Waals surface area contributed by atoms with E-state index in [9.17, 15) is 9.59 Å². The first kappa shape index (κ1) is 18.7. The molecule has 0 saturated carbocycles. The molecule has 1 N–H and O–H groups in total. The van der Waals surface area contributed by atoms with Crippen molar-refractivity contribution in [3.63, 3.8) is 0 Å². The van der Waals surface area contributed by atoms with Gasteiger partial charge in [0.05, 0.1) is 17.1 Å². The fourth-order valence-corrected chi connectivity index (χ4v) is 2.60. The van der Waals surface area contributed by atoms with Crippen molar-refractivity contribution in [1.29, 1.82) is 0 Å². The number of hydrogen-bond acceptors (Lipinski definition) is 3. The van der Waals surface area contributed by atoms with Gasteiger partial charge in [-0.3, -0.25) is 9.59 Å². The third kappa shape index (κ3) is 4.60. The molecule has 0 atom stereocenters. The van der Waals surface area contributed by atoms with Crippen LogP contribution in [-0.4, -0.2) is 61.4 Å². The zero-order valence-electron chi connectivity index (χ0n) is 12.8. The molecule has 122 valence electrons. The molecule has 0 bridgehead atoms. The molecule has 0 unspecified atom stereocenters. The van der Waals surface area contributed by atoms with E-state index < -0.39 is 0 Å². The number of piperazine rings is 1. The Morgan fingerprint density at radius 2 is 1.95 bits per heavy atom. The molecule has 5 nitrogen and oxygen atoms in total. The summed E-state index contributed by atoms with van der Waals surface area (Å²) in [5.41, 5.74) is 1.42. The van der Waals surface area contributed by atoms with Gasteiger partial charge in [0, 0.05) is 33.2 Å². The maximum atomic E-state index is 12.4. The van der Waals surface area contributed by atoms with Crippen molar-refractivity contribution in [3.05, 3.63) is 34.3 Å². The van der Waals surface area contributed by atoms with E-state index in [-0.39, 0.29) is 30.8 Å². The maximum absolute atomic E-state index is 12.4. The van der Waals surface area contributed by atoms with Gasteiger partial charge in [0.25, 0.3) is 5.91 Å². The Bertz CT molecular complexity index is 546. The highest BCUT2D eigenvalue weighted by Gasteiger charge is 2.21. The van der Waals surface area contributed by atoms with Crippen molar-refractivity contribution >= 4 is 35.8 Å². The number of nitrogens with one attached hydrogen (secondary N) is 1. The van der Waals surface area contributed by atoms with Crippen LogP contribution in [0.1, 0.15) is 15.9 Å². The number of benzene rings is 1. The number of hydrogen-bond donors (Lipinski definition) is 1. The second kappa shape index (κ2) is 8.36. The standard InChI is InChI=1S/C15H20ClN3O2.ClH/c1-11-3-4-12(13(16)9-11)15(21)18(2)10-14(20)19-7-5-17-6-8-19;/h3-4,9,17H,5-8,10H2,1-2H3;1H. The van der Waals surface area contributed by atoms with E-state index in [1.54, 1.807) is 24.1 Å². The van der Waals surface area contributed by atoms with Gasteiger partial charge in [-0.05, 0) is 24.6 Å². The fourth-order valence-electron chi connectivity index (χ4n) is 2.29. The van der Waals surface area contributed by atoms with Crippen LogP contribution in [0.2, 0.25) is 5.02 Å². The van der Waals surface area contributed by atoms with Crippen LogP contribution in [0.15, 0.2) is 18.2 Å². The summed E-state index contributed by atoms with van der Waals surface area (Å²) >= 11 is 6.10. The first-order valence-corrected chi connectivity index (χ1v) is 7.37. The average molecular weight is 346 g/mol. The predicted octanol–water partition coefficient (Wildman–Crippen LogP) is 1.57. The molecule has 0 aliphatic carbocycles. The van der Waals surface area contributed by atoms with E-state index in [1.165, 1.54) is 4.90 Å². The minimum absolute atomic E-state index is 0. The van der Waals surface area contributed by atoms with Gasteiger partial charge in [-0.15, -0.1) is 12.4 Å². The number of likely N-dealkylation sites (N-methyl/N-ethyl adjacent to an activating group) is 1. The smallest absolute Gasteiger partial charge is 0.255 e. The highest BCUT2D eigenvalue weighted by Crippen LogP contribution is 2.19. The van der Waals surface area contributed by atoms with Crippen LogP contribution in [0.4, 0.5) is 0 Å². The van der Waals surface area contributed by atoms with Crippen LogP contribution in [0.3, 0.4) is 0 Å². The van der Waals surface area contributed by atoms with Crippen molar-refractivity contribution in [2.24, 2.45) is 0 Å². The Morgan fingerprint density at radius 3 is 2.55 bits per heavy atom. The van der Waals surface area contributed by atoms with Gasteiger partial charge in [0.2, 0.25) is 5.91 Å². The number of halogens is 2. The Kier molecular flexibility index (Phi) is 7.13. The van der Waals surface area contributed by atoms with Crippen molar-refractivity contribution < 1.29 is 9.59 Å². The second-order valence-corrected chi connectivity index (χ2v) is 5.68. The minimum atomic E-state index is -0.233. The van der Waals surface area contributed by atoms with E-state index in [0.29, 0.717) is 23.7 Å². The second-order valence-electron chi connectivity index (χ2n) is 5.28. The number of carbonyl (C=O) groups is 2. The summed E-state index contributed by atoms with van der Waals surface area (Å²) in [5, 5.41) is 3.61. The van der Waals surface area contributed by atoms with E-state index in [1.807, 2.05) is 13.0 Å². The highest BCUT2D eigenvalue weighted by molar-refractivity contribution is 6.33. The summed E-state index contributed by atoms with van der Waals surface area (Å²) < 4.78 is 0. The lowest BCUT2D eigenvalue weighted by Gasteiger charge is -2.29. The number of amides is 2. The number of nitrogens with zero attached hydrogens (tertiary/aromatic N) is 2. The Hall–Kier alpha value is -1.30. The van der Waals surface area contributed by atoms with Gasteiger partial charge < -0.3 is 15.1 Å². The summed E-state index contributed by atoms with van der Waals surface area (Å²) in [6, 6.07) is 5.29. The van der Waals surface area contributed by atoms with Crippen molar-refractivity contribution in [3.8, 4) is 0 Å². The van der Waals surface area contributed by atoms with Gasteiger partial charge in [-0.25, -0.2) is 0 Å². The minimum Gasteiger partial charge on any atom is -0.339 e. The van der Waals surface area contributed by atoms with Crippen LogP contribution in [0.5, 0.6) is 0 Å². The molecular weight excluding hydrogens is 325 g/mol. The molecule has 7 heteroatoms. The summed E-state index contributed by atoms with van der Waals surface area (Å²) in [6.07, 6.45) is 0. The summed E-state index contributed by atoms with van der Waals surface area (Å²) in [6.45, 7) is 4.96. The lowest BCUT2D eigenvalue weighted by atomic mass is 10.1. The molecule has 2 amide bonds. The number of rotatable bonds is 3. The SMILES string of the molecule is Cc1ccc(C(=O)N(C)CC(=O)N2CCNCC2)c(Cl)c1.Cl. The normalized spacial score (nSPS) is 14.2. The van der Waals surface area contributed by atoms with Crippen LogP contribution < -0.4 is 5.32 Å². The highest BCUT2D eigenvalue weighted by atomic mass is 35.5. The summed E-state index contributed by atoms with van der Waals surface area (Å²) in [7, 11) is 1.62. The van der Waals surface area contributed by atoms with E-state index in [0.717, 1.165) is 18.7 Å². The molecule has 1 aromatic carbocycles. The van der Waals surface area contributed by atoms with Crippen LogP contribution in [0, 0.1) is 6.92 Å². The van der Waals surface area contributed by atoms with Gasteiger partial charge in [-0.1, -0.05) is 17.7 Å². The number of aryl methyl sites for hydroxylation is 1. The van der Waals surface area contributed by atoms with E-state index >= 15 is 0 Å². The molecular formula is C15H21Cl2N3O2. The Labute approximate surface area is 142 Å². The first-order chi connectivity index (χ1) is 9.99. The largest absolute Gasteiger partial charge is 0.339 e. The van der Waals surface area contributed by atoms with E-state index in [4.69, 9.17) is 11.6 Å². The first-order valence-electron chi connectivity index (χ1n) is 6.99. The van der Waals surface area contributed by atoms with E-state index in [2.05, 4.69) is 5.32 Å². The molecule has 0 aromatic heterocycles. The zero-order valence-corrected chi connectivity index (χ0v) is 14.3. The molecule has 0 spiro atoms. The predicted molar refractivity (Wildman–Crippen MR) is 89.8 cm³/mol. The average Bonchev–Trinajstić information content (AvgIpc) is 2.47. The van der Waals surface area contributed by atoms with Crippen LogP contribution in [0.25, 0.3) is 0 Å². The Balaban J connectivity index is 0.00000242. The van der Waals surface area contributed by atoms with Gasteiger partial charge >= 0.3 is 0 Å². The van der Waals surface area contributed by atoms with Gasteiger partial charge in [-0.2, -0.15) is 0 Å². The monoisotopic (exact) mass is 345 g/mol. The fraction of sp³-hybridized carbons (Fsp3) is 0.467. The van der Waals surface area contributed by atoms with Crippen LogP contribution >= 0.6 is 24.0 Å². The van der Waals surface area contributed by atoms with Gasteiger partial charge in [0.1, 0.15) is 0 Å². The molecule has 1 heterocycles. The molecule has 1 aliphatic rings.